The van der Waals surface area contributed by atoms with Crippen molar-refractivity contribution in [2.45, 2.75) is 38.8 Å². The number of nitriles is 2. The Balaban J connectivity index is 1.76. The molecular weight excluding hydrogens is 386 g/mol. The number of amides is 1. The molecule has 1 aromatic heterocycles. The summed E-state index contributed by atoms with van der Waals surface area (Å²) in [5, 5.41) is 22.1. The third-order valence-electron chi connectivity index (χ3n) is 4.90. The molecule has 0 radical (unpaired) electrons. The minimum atomic E-state index is -0.691. The highest BCUT2D eigenvalue weighted by atomic mass is 35.5. The number of hydrogen-bond acceptors (Lipinski definition) is 4. The fourth-order valence-corrected chi connectivity index (χ4v) is 3.66. The number of nitrogens with one attached hydrogen (secondary N) is 1. The van der Waals surface area contributed by atoms with Gasteiger partial charge in [-0.3, -0.25) is 4.79 Å². The molecule has 1 N–H and O–H groups in total. The van der Waals surface area contributed by atoms with Crippen molar-refractivity contribution in [3.05, 3.63) is 64.4 Å². The first-order valence-electron chi connectivity index (χ1n) is 9.11. The molecule has 0 aliphatic heterocycles. The van der Waals surface area contributed by atoms with Crippen LogP contribution in [0.1, 0.15) is 43.5 Å². The van der Waals surface area contributed by atoms with Crippen LogP contribution in [0.3, 0.4) is 0 Å². The second-order valence-corrected chi connectivity index (χ2v) is 7.83. The average Bonchev–Trinajstić information content (AvgIpc) is 3.10. The van der Waals surface area contributed by atoms with Crippen LogP contribution >= 0.6 is 11.6 Å². The summed E-state index contributed by atoms with van der Waals surface area (Å²) < 4.78 is 1.67. The first-order chi connectivity index (χ1) is 13.8. The largest absolute Gasteiger partial charge is 0.348 e. The maximum Gasteiger partial charge on any atom is 0.240 e. The summed E-state index contributed by atoms with van der Waals surface area (Å²) in [5.74, 6) is -0.206. The third kappa shape index (κ3) is 4.08. The Morgan fingerprint density at radius 1 is 1.31 bits per heavy atom. The number of carbonyl (C=O) groups excluding carboxylic acids is 1. The quantitative estimate of drug-likeness (QED) is 0.686. The van der Waals surface area contributed by atoms with Crippen LogP contribution in [0.2, 0.25) is 5.02 Å². The number of rotatable bonds is 5. The molecule has 6 nitrogen and oxygen atoms in total. The van der Waals surface area contributed by atoms with Crippen LogP contribution in [-0.4, -0.2) is 15.5 Å². The number of fused-ring (bicyclic) bond motifs is 1. The molecule has 146 valence electrons. The molecule has 1 atom stereocenters. The Morgan fingerprint density at radius 2 is 2.07 bits per heavy atom. The fourth-order valence-electron chi connectivity index (χ4n) is 3.23. The van der Waals surface area contributed by atoms with E-state index in [4.69, 9.17) is 11.6 Å². The maximum absolute atomic E-state index is 12.6. The van der Waals surface area contributed by atoms with Gasteiger partial charge in [-0.05, 0) is 50.1 Å². The summed E-state index contributed by atoms with van der Waals surface area (Å²) in [5.41, 5.74) is 2.69. The van der Waals surface area contributed by atoms with E-state index in [0.29, 0.717) is 21.6 Å². The molecule has 2 aromatic carbocycles. The van der Waals surface area contributed by atoms with Crippen molar-refractivity contribution in [1.82, 2.24) is 14.9 Å². The van der Waals surface area contributed by atoms with Crippen LogP contribution in [0, 0.1) is 22.7 Å². The SMILES string of the molecule is CC(NC(=O)Cn1cnc2cccc(C#N)c21)c1ccc(C(C)(C)C#N)c(Cl)c1. The first kappa shape index (κ1) is 20.4. The predicted molar refractivity (Wildman–Crippen MR) is 111 cm³/mol. The van der Waals surface area contributed by atoms with Crippen LogP contribution < -0.4 is 5.32 Å². The summed E-state index contributed by atoms with van der Waals surface area (Å²) in [4.78, 5) is 16.8. The van der Waals surface area contributed by atoms with Gasteiger partial charge >= 0.3 is 0 Å². The highest BCUT2D eigenvalue weighted by Gasteiger charge is 2.23. The van der Waals surface area contributed by atoms with Gasteiger partial charge in [-0.15, -0.1) is 0 Å². The Bertz CT molecular complexity index is 1170. The molecule has 0 aliphatic rings. The Morgan fingerprint density at radius 3 is 2.72 bits per heavy atom. The van der Waals surface area contributed by atoms with E-state index in [1.165, 1.54) is 0 Å². The third-order valence-corrected chi connectivity index (χ3v) is 5.21. The number of aromatic nitrogens is 2. The van der Waals surface area contributed by atoms with Crippen LogP contribution in [0.25, 0.3) is 11.0 Å². The van der Waals surface area contributed by atoms with Gasteiger partial charge in [-0.2, -0.15) is 10.5 Å². The van der Waals surface area contributed by atoms with Crippen molar-refractivity contribution in [2.75, 3.05) is 0 Å². The van der Waals surface area contributed by atoms with Gasteiger partial charge in [-0.1, -0.05) is 29.8 Å². The Hall–Kier alpha value is -3.35. The summed E-state index contributed by atoms with van der Waals surface area (Å²) in [7, 11) is 0. The number of benzene rings is 2. The lowest BCUT2D eigenvalue weighted by atomic mass is 9.85. The maximum atomic E-state index is 12.6. The zero-order chi connectivity index (χ0) is 21.2. The lowest BCUT2D eigenvalue weighted by Gasteiger charge is -2.20. The number of para-hydroxylation sites is 1. The van der Waals surface area contributed by atoms with E-state index in [0.717, 1.165) is 11.1 Å². The molecule has 1 unspecified atom stereocenters. The Kier molecular flexibility index (Phi) is 5.59. The standard InChI is InChI=1S/C22H20ClN5O/c1-14(15-7-8-17(18(23)9-15)22(2,3)12-25)27-20(29)11-28-13-26-19-6-4-5-16(10-24)21(19)28/h4-9,13-14H,11H2,1-3H3,(H,27,29). The molecule has 7 heteroatoms. The topological polar surface area (TPSA) is 94.5 Å². The molecule has 0 saturated heterocycles. The molecule has 0 spiro atoms. The van der Waals surface area contributed by atoms with Crippen molar-refractivity contribution in [1.29, 1.82) is 10.5 Å². The molecule has 0 aliphatic carbocycles. The highest BCUT2D eigenvalue weighted by Crippen LogP contribution is 2.31. The smallest absolute Gasteiger partial charge is 0.240 e. The molecule has 0 fully saturated rings. The molecule has 3 aromatic rings. The van der Waals surface area contributed by atoms with Crippen molar-refractivity contribution >= 4 is 28.5 Å². The van der Waals surface area contributed by atoms with Gasteiger partial charge in [0.25, 0.3) is 0 Å². The van der Waals surface area contributed by atoms with E-state index >= 15 is 0 Å². The van der Waals surface area contributed by atoms with Gasteiger partial charge in [-0.25, -0.2) is 4.98 Å². The van der Waals surface area contributed by atoms with E-state index in [1.807, 2.05) is 32.9 Å². The van der Waals surface area contributed by atoms with Gasteiger partial charge in [0.2, 0.25) is 5.91 Å². The molecular formula is C22H20ClN5O. The molecule has 3 rings (SSSR count). The first-order valence-corrected chi connectivity index (χ1v) is 9.49. The van der Waals surface area contributed by atoms with Crippen LogP contribution in [0.5, 0.6) is 0 Å². The van der Waals surface area contributed by atoms with E-state index in [9.17, 15) is 15.3 Å². The Labute approximate surface area is 174 Å². The van der Waals surface area contributed by atoms with Gasteiger partial charge < -0.3 is 9.88 Å². The van der Waals surface area contributed by atoms with E-state index in [1.54, 1.807) is 35.2 Å². The second kappa shape index (κ2) is 7.95. The number of carbonyl (C=O) groups is 1. The van der Waals surface area contributed by atoms with Gasteiger partial charge in [0.1, 0.15) is 12.6 Å². The zero-order valence-corrected chi connectivity index (χ0v) is 17.2. The average molecular weight is 406 g/mol. The number of hydrogen-bond donors (Lipinski definition) is 1. The molecule has 0 saturated carbocycles. The van der Waals surface area contributed by atoms with Crippen LogP contribution in [0.4, 0.5) is 0 Å². The molecule has 1 amide bonds. The second-order valence-electron chi connectivity index (χ2n) is 7.42. The minimum Gasteiger partial charge on any atom is -0.348 e. The monoisotopic (exact) mass is 405 g/mol. The van der Waals surface area contributed by atoms with E-state index in [2.05, 4.69) is 22.4 Å². The lowest BCUT2D eigenvalue weighted by molar-refractivity contribution is -0.122. The fraction of sp³-hybridized carbons (Fsp3) is 0.273. The van der Waals surface area contributed by atoms with Gasteiger partial charge in [0.05, 0.1) is 40.5 Å². The zero-order valence-electron chi connectivity index (χ0n) is 16.4. The van der Waals surface area contributed by atoms with Gasteiger partial charge in [0.15, 0.2) is 0 Å². The predicted octanol–water partition coefficient (Wildman–Crippen LogP) is 4.24. The van der Waals surface area contributed by atoms with Crippen molar-refractivity contribution in [3.8, 4) is 12.1 Å². The van der Waals surface area contributed by atoms with Gasteiger partial charge in [0, 0.05) is 5.02 Å². The van der Waals surface area contributed by atoms with Crippen molar-refractivity contribution < 1.29 is 4.79 Å². The van der Waals surface area contributed by atoms with E-state index < -0.39 is 5.41 Å². The highest BCUT2D eigenvalue weighted by molar-refractivity contribution is 6.31. The molecule has 0 bridgehead atoms. The minimum absolute atomic E-state index is 0.0484. The lowest BCUT2D eigenvalue weighted by Crippen LogP contribution is -2.30. The van der Waals surface area contributed by atoms with E-state index in [-0.39, 0.29) is 18.5 Å². The van der Waals surface area contributed by atoms with Crippen LogP contribution in [-0.2, 0) is 16.8 Å². The summed E-state index contributed by atoms with van der Waals surface area (Å²) >= 11 is 6.38. The summed E-state index contributed by atoms with van der Waals surface area (Å²) in [6.07, 6.45) is 1.56. The summed E-state index contributed by atoms with van der Waals surface area (Å²) in [6.45, 7) is 5.53. The summed E-state index contributed by atoms with van der Waals surface area (Å²) in [6, 6.07) is 14.8. The number of halogens is 1. The van der Waals surface area contributed by atoms with Crippen LogP contribution in [0.15, 0.2) is 42.7 Å². The normalized spacial score (nSPS) is 12.2. The number of imidazole rings is 1. The molecule has 1 heterocycles. The molecule has 29 heavy (non-hydrogen) atoms. The van der Waals surface area contributed by atoms with Crippen molar-refractivity contribution in [2.24, 2.45) is 0 Å². The number of nitrogens with zero attached hydrogens (tertiary/aromatic N) is 4. The van der Waals surface area contributed by atoms with Crippen molar-refractivity contribution in [3.63, 3.8) is 0 Å².